The van der Waals surface area contributed by atoms with Crippen molar-refractivity contribution in [3.8, 4) is 0 Å². The molecule has 0 heterocycles. The van der Waals surface area contributed by atoms with Gasteiger partial charge in [-0.25, -0.2) is 0 Å². The van der Waals surface area contributed by atoms with Gasteiger partial charge in [0.15, 0.2) is 0 Å². The van der Waals surface area contributed by atoms with E-state index in [1.165, 1.54) is 116 Å². The van der Waals surface area contributed by atoms with Crippen LogP contribution in [0, 0.1) is 17.8 Å². The Hall–Kier alpha value is -0.520. The van der Waals surface area contributed by atoms with E-state index in [-0.39, 0.29) is 7.43 Å². The molecule has 0 atom stereocenters. The highest BCUT2D eigenvalue weighted by Gasteiger charge is 2.13. The van der Waals surface area contributed by atoms with Gasteiger partial charge in [0.1, 0.15) is 0 Å². The molecule has 3 saturated carbocycles. The molecule has 0 aromatic heterocycles. The Morgan fingerprint density at radius 1 is 0.500 bits per heavy atom. The third kappa shape index (κ3) is 10.6. The van der Waals surface area contributed by atoms with Crippen LogP contribution in [0.1, 0.15) is 123 Å². The minimum Gasteiger partial charge on any atom is -0.103 e. The summed E-state index contributed by atoms with van der Waals surface area (Å²) in [6.45, 7) is 3.75. The molecule has 3 rings (SSSR count). The molecule has 0 unspecified atom stereocenters. The van der Waals surface area contributed by atoms with Crippen LogP contribution in [-0.4, -0.2) is 0 Å². The van der Waals surface area contributed by atoms with Crippen molar-refractivity contribution in [1.29, 1.82) is 0 Å². The Balaban J connectivity index is 0.000000290. The molecule has 0 amide bonds. The van der Waals surface area contributed by atoms with E-state index in [4.69, 9.17) is 0 Å². The van der Waals surface area contributed by atoms with Gasteiger partial charge < -0.3 is 0 Å². The summed E-state index contributed by atoms with van der Waals surface area (Å²) in [4.78, 5) is 0. The topological polar surface area (TPSA) is 0 Å². The maximum absolute atomic E-state index is 3.75. The van der Waals surface area contributed by atoms with Crippen molar-refractivity contribution in [2.24, 2.45) is 17.8 Å². The van der Waals surface area contributed by atoms with Gasteiger partial charge >= 0.3 is 0 Å². The Morgan fingerprint density at radius 2 is 0.808 bits per heavy atom. The molecular formula is C26H48. The summed E-state index contributed by atoms with van der Waals surface area (Å²) in [5.41, 5.74) is 0. The van der Waals surface area contributed by atoms with Crippen LogP contribution >= 0.6 is 0 Å². The van der Waals surface area contributed by atoms with Crippen LogP contribution in [0.25, 0.3) is 0 Å². The second-order valence-corrected chi connectivity index (χ2v) is 8.98. The number of hydrogen-bond donors (Lipinski definition) is 0. The van der Waals surface area contributed by atoms with Crippen LogP contribution in [0.4, 0.5) is 0 Å². The smallest absolute Gasteiger partial charge is 0.0322 e. The van der Waals surface area contributed by atoms with Crippen molar-refractivity contribution in [2.75, 3.05) is 0 Å². The second kappa shape index (κ2) is 15.5. The molecule has 0 nitrogen and oxygen atoms in total. The SMILES string of the molecule is C.C(=CCC1CCCCC1)CC1CCCCC1.C=CCC1CCCCC1. The first kappa shape index (κ1) is 23.5. The van der Waals surface area contributed by atoms with Crippen LogP contribution in [-0.2, 0) is 0 Å². The molecule has 3 aliphatic carbocycles. The maximum atomic E-state index is 3.75. The second-order valence-electron chi connectivity index (χ2n) is 8.98. The highest BCUT2D eigenvalue weighted by atomic mass is 14.2. The van der Waals surface area contributed by atoms with Crippen molar-refractivity contribution in [3.63, 3.8) is 0 Å². The number of allylic oxidation sites excluding steroid dienone is 3. The van der Waals surface area contributed by atoms with Gasteiger partial charge in [0, 0.05) is 0 Å². The average molecular weight is 361 g/mol. The average Bonchev–Trinajstić information content (AvgIpc) is 2.69. The van der Waals surface area contributed by atoms with Crippen molar-refractivity contribution < 1.29 is 0 Å². The molecule has 0 radical (unpaired) electrons. The molecule has 0 heteroatoms. The molecule has 3 aliphatic rings. The zero-order valence-corrected chi connectivity index (χ0v) is 16.9. The molecule has 3 fully saturated rings. The standard InChI is InChI=1S/C16H28.C9H16.CH4/c1-3-9-15(10-4-1)13-7-8-14-16-11-5-2-6-12-16;1-2-6-9-7-4-3-5-8-9;/h7-8,15-16H,1-6,9-14H2;2,9H,1,3-8H2;1H4. The molecule has 0 aromatic carbocycles. The lowest BCUT2D eigenvalue weighted by Gasteiger charge is -2.21. The lowest BCUT2D eigenvalue weighted by Crippen LogP contribution is -2.05. The lowest BCUT2D eigenvalue weighted by molar-refractivity contribution is 0.355. The van der Waals surface area contributed by atoms with Crippen molar-refractivity contribution in [2.45, 2.75) is 123 Å². The van der Waals surface area contributed by atoms with Crippen molar-refractivity contribution in [1.82, 2.24) is 0 Å². The fourth-order valence-corrected chi connectivity index (χ4v) is 5.08. The van der Waals surface area contributed by atoms with Gasteiger partial charge in [0.05, 0.1) is 0 Å². The molecule has 0 spiro atoms. The molecular weight excluding hydrogens is 312 g/mol. The molecule has 0 aromatic rings. The third-order valence-electron chi connectivity index (χ3n) is 6.78. The van der Waals surface area contributed by atoms with Gasteiger partial charge in [-0.1, -0.05) is 122 Å². The van der Waals surface area contributed by atoms with Gasteiger partial charge in [0.25, 0.3) is 0 Å². The fraction of sp³-hybridized carbons (Fsp3) is 0.846. The number of hydrogen-bond acceptors (Lipinski definition) is 0. The van der Waals surface area contributed by atoms with E-state index in [1.807, 2.05) is 0 Å². The monoisotopic (exact) mass is 360 g/mol. The van der Waals surface area contributed by atoms with Crippen LogP contribution in [0.2, 0.25) is 0 Å². The van der Waals surface area contributed by atoms with E-state index < -0.39 is 0 Å². The van der Waals surface area contributed by atoms with E-state index in [1.54, 1.807) is 0 Å². The van der Waals surface area contributed by atoms with Gasteiger partial charge in [-0.05, 0) is 37.0 Å². The first-order valence-corrected chi connectivity index (χ1v) is 11.6. The molecule has 0 aliphatic heterocycles. The summed E-state index contributed by atoms with van der Waals surface area (Å²) in [5, 5.41) is 0. The van der Waals surface area contributed by atoms with Crippen LogP contribution < -0.4 is 0 Å². The highest BCUT2D eigenvalue weighted by molar-refractivity contribution is 4.87. The van der Waals surface area contributed by atoms with E-state index in [2.05, 4.69) is 24.8 Å². The molecule has 0 N–H and O–H groups in total. The van der Waals surface area contributed by atoms with Gasteiger partial charge in [-0.15, -0.1) is 6.58 Å². The zero-order valence-electron chi connectivity index (χ0n) is 16.9. The zero-order chi connectivity index (χ0) is 17.6. The molecule has 0 bridgehead atoms. The minimum absolute atomic E-state index is 0. The summed E-state index contributed by atoms with van der Waals surface area (Å²) in [6, 6.07) is 0. The largest absolute Gasteiger partial charge is 0.103 e. The minimum atomic E-state index is 0. The molecule has 152 valence electrons. The van der Waals surface area contributed by atoms with E-state index in [9.17, 15) is 0 Å². The predicted molar refractivity (Wildman–Crippen MR) is 120 cm³/mol. The van der Waals surface area contributed by atoms with Gasteiger partial charge in [0.2, 0.25) is 0 Å². The van der Waals surface area contributed by atoms with Crippen LogP contribution in [0.15, 0.2) is 24.8 Å². The van der Waals surface area contributed by atoms with Gasteiger partial charge in [-0.3, -0.25) is 0 Å². The van der Waals surface area contributed by atoms with Crippen molar-refractivity contribution in [3.05, 3.63) is 24.8 Å². The fourth-order valence-electron chi connectivity index (χ4n) is 5.08. The van der Waals surface area contributed by atoms with E-state index >= 15 is 0 Å². The van der Waals surface area contributed by atoms with E-state index in [0.717, 1.165) is 17.8 Å². The van der Waals surface area contributed by atoms with Gasteiger partial charge in [-0.2, -0.15) is 0 Å². The normalized spacial score (nSPS) is 23.1. The third-order valence-corrected chi connectivity index (χ3v) is 6.78. The first-order chi connectivity index (χ1) is 12.4. The summed E-state index contributed by atoms with van der Waals surface area (Å²) in [5.74, 6) is 3.03. The summed E-state index contributed by atoms with van der Waals surface area (Å²) < 4.78 is 0. The molecule has 0 saturated heterocycles. The summed E-state index contributed by atoms with van der Waals surface area (Å²) in [6.07, 6.45) is 33.2. The summed E-state index contributed by atoms with van der Waals surface area (Å²) >= 11 is 0. The highest BCUT2D eigenvalue weighted by Crippen LogP contribution is 2.29. The Kier molecular flexibility index (Phi) is 14.0. The van der Waals surface area contributed by atoms with Crippen LogP contribution in [0.5, 0.6) is 0 Å². The quantitative estimate of drug-likeness (QED) is 0.414. The Morgan fingerprint density at radius 3 is 1.12 bits per heavy atom. The Bertz CT molecular complexity index is 313. The van der Waals surface area contributed by atoms with Crippen molar-refractivity contribution >= 4 is 0 Å². The maximum Gasteiger partial charge on any atom is -0.0322 e. The Labute approximate surface area is 165 Å². The summed E-state index contributed by atoms with van der Waals surface area (Å²) in [7, 11) is 0. The number of rotatable bonds is 6. The molecule has 26 heavy (non-hydrogen) atoms. The van der Waals surface area contributed by atoms with E-state index in [0.29, 0.717) is 0 Å². The lowest BCUT2D eigenvalue weighted by atomic mass is 9.85. The first-order valence-electron chi connectivity index (χ1n) is 11.6. The van der Waals surface area contributed by atoms with Crippen LogP contribution in [0.3, 0.4) is 0 Å². The predicted octanol–water partition coefficient (Wildman–Crippen LogP) is 9.26.